The van der Waals surface area contributed by atoms with E-state index in [4.69, 9.17) is 13.7 Å². The van der Waals surface area contributed by atoms with Crippen LogP contribution in [0.5, 0.6) is 0 Å². The highest BCUT2D eigenvalue weighted by Gasteiger charge is 2.55. The Balaban J connectivity index is 2.15. The molecule has 2 rings (SSSR count). The summed E-state index contributed by atoms with van der Waals surface area (Å²) in [7, 11) is -0.157. The summed E-state index contributed by atoms with van der Waals surface area (Å²) in [5.41, 5.74) is 1.28. The van der Waals surface area contributed by atoms with E-state index in [2.05, 4.69) is 78.0 Å². The van der Waals surface area contributed by atoms with Crippen LogP contribution in [0.25, 0.3) is 0 Å². The second-order valence-corrected chi connectivity index (χ2v) is 13.3. The zero-order chi connectivity index (χ0) is 18.9. The first-order chi connectivity index (χ1) is 11.5. The molecule has 2 atom stereocenters. The number of hydrogen-bond donors (Lipinski definition) is 0. The lowest BCUT2D eigenvalue weighted by molar-refractivity contribution is 0.00578. The summed E-state index contributed by atoms with van der Waals surface area (Å²) in [5.74, 6) is 0.298. The first-order valence-corrected chi connectivity index (χ1v) is 12.4. The molecule has 0 aliphatic carbocycles. The van der Waals surface area contributed by atoms with Crippen molar-refractivity contribution in [2.45, 2.75) is 83.1 Å². The highest BCUT2D eigenvalue weighted by molar-refractivity contribution is 6.74. The second-order valence-electron chi connectivity index (χ2n) is 8.92. The average Bonchev–Trinajstić information content (AvgIpc) is 2.76. The van der Waals surface area contributed by atoms with Crippen LogP contribution in [0.15, 0.2) is 30.3 Å². The van der Waals surface area contributed by atoms with E-state index in [1.807, 2.05) is 7.11 Å². The van der Waals surface area contributed by atoms with Crippen LogP contribution >= 0.6 is 0 Å². The largest absolute Gasteiger partial charge is 0.460 e. The number of aryl methyl sites for hydroxylation is 1. The van der Waals surface area contributed by atoms with Crippen molar-refractivity contribution in [3.63, 3.8) is 0 Å². The molecule has 0 N–H and O–H groups in total. The quantitative estimate of drug-likeness (QED) is 0.614. The molecule has 0 radical (unpaired) electrons. The van der Waals surface area contributed by atoms with Gasteiger partial charge in [-0.1, -0.05) is 37.3 Å². The van der Waals surface area contributed by atoms with Crippen molar-refractivity contribution in [2.24, 2.45) is 0 Å². The van der Waals surface area contributed by atoms with Gasteiger partial charge in [0.25, 0.3) is 0 Å². The Morgan fingerprint density at radius 1 is 1.04 bits per heavy atom. The Morgan fingerprint density at radius 2 is 1.56 bits per heavy atom. The van der Waals surface area contributed by atoms with E-state index in [-0.39, 0.29) is 18.3 Å². The molecule has 1 saturated heterocycles. The summed E-state index contributed by atoms with van der Waals surface area (Å²) in [4.78, 5) is 0. The lowest BCUT2D eigenvalue weighted by Crippen LogP contribution is -2.42. The Labute approximate surface area is 155 Å². The van der Waals surface area contributed by atoms with Gasteiger partial charge in [0, 0.05) is 7.11 Å². The minimum absolute atomic E-state index is 0.173. The molecular formula is C20H35BO3Si. The fourth-order valence-electron chi connectivity index (χ4n) is 3.65. The van der Waals surface area contributed by atoms with Crippen molar-refractivity contribution < 1.29 is 13.7 Å². The maximum atomic E-state index is 6.34. The van der Waals surface area contributed by atoms with E-state index >= 15 is 0 Å². The highest BCUT2D eigenvalue weighted by atomic mass is 28.4. The van der Waals surface area contributed by atoms with Crippen molar-refractivity contribution in [3.8, 4) is 0 Å². The number of hydrogen-bond acceptors (Lipinski definition) is 3. The smallest absolute Gasteiger partial charge is 0.420 e. The van der Waals surface area contributed by atoms with Crippen LogP contribution < -0.4 is 0 Å². The fourth-order valence-corrected chi connectivity index (χ4v) is 6.22. The molecule has 0 bridgehead atoms. The van der Waals surface area contributed by atoms with E-state index < -0.39 is 8.32 Å². The maximum absolute atomic E-state index is 6.34. The minimum Gasteiger partial charge on any atom is -0.420 e. The Morgan fingerprint density at radius 3 is 2.04 bits per heavy atom. The summed E-state index contributed by atoms with van der Waals surface area (Å²) >= 11 is 0. The molecule has 0 amide bonds. The zero-order valence-electron chi connectivity index (χ0n) is 17.3. The monoisotopic (exact) mass is 362 g/mol. The predicted octanol–water partition coefficient (Wildman–Crippen LogP) is 5.32. The SMILES string of the molecule is CO[Si](C)(C)[C@H](CCc1ccccc1)[C@H](C)B1OC(C)(C)C(C)(C)O1. The van der Waals surface area contributed by atoms with E-state index in [1.165, 1.54) is 5.56 Å². The van der Waals surface area contributed by atoms with Gasteiger partial charge in [0.1, 0.15) is 0 Å². The Hall–Kier alpha value is -0.618. The van der Waals surface area contributed by atoms with Gasteiger partial charge in [-0.05, 0) is 70.6 Å². The van der Waals surface area contributed by atoms with Crippen molar-refractivity contribution in [1.29, 1.82) is 0 Å². The van der Waals surface area contributed by atoms with E-state index in [1.54, 1.807) is 0 Å². The summed E-state index contributed by atoms with van der Waals surface area (Å²) in [6.07, 6.45) is 2.16. The van der Waals surface area contributed by atoms with E-state index in [0.29, 0.717) is 11.4 Å². The molecule has 0 spiro atoms. The third kappa shape index (κ3) is 4.57. The summed E-state index contributed by atoms with van der Waals surface area (Å²) in [6.45, 7) is 15.4. The van der Waals surface area contributed by atoms with Crippen LogP contribution in [-0.2, 0) is 20.2 Å². The van der Waals surface area contributed by atoms with Crippen LogP contribution in [0.4, 0.5) is 0 Å². The normalized spacial score (nSPS) is 22.0. The molecule has 1 aliphatic heterocycles. The van der Waals surface area contributed by atoms with Crippen LogP contribution in [0.3, 0.4) is 0 Å². The van der Waals surface area contributed by atoms with Gasteiger partial charge in [-0.25, -0.2) is 0 Å². The molecule has 0 unspecified atom stereocenters. The molecular weight excluding hydrogens is 327 g/mol. The van der Waals surface area contributed by atoms with Gasteiger partial charge in [0.15, 0.2) is 8.32 Å². The second kappa shape index (κ2) is 7.55. The molecule has 5 heteroatoms. The Bertz CT molecular complexity index is 543. The van der Waals surface area contributed by atoms with Crippen LogP contribution in [0, 0.1) is 0 Å². The molecule has 3 nitrogen and oxygen atoms in total. The third-order valence-corrected chi connectivity index (χ3v) is 9.99. The first-order valence-electron chi connectivity index (χ1n) is 9.45. The van der Waals surface area contributed by atoms with Crippen molar-refractivity contribution in [2.75, 3.05) is 7.11 Å². The highest BCUT2D eigenvalue weighted by Crippen LogP contribution is 2.47. The molecule has 1 aromatic carbocycles. The molecule has 140 valence electrons. The van der Waals surface area contributed by atoms with Crippen molar-refractivity contribution in [1.82, 2.24) is 0 Å². The minimum atomic E-state index is -1.84. The Kier molecular flexibility index (Phi) is 6.25. The summed E-state index contributed by atoms with van der Waals surface area (Å²) < 4.78 is 18.7. The van der Waals surface area contributed by atoms with Gasteiger partial charge in [-0.15, -0.1) is 0 Å². The molecule has 1 heterocycles. The topological polar surface area (TPSA) is 27.7 Å². The van der Waals surface area contributed by atoms with Gasteiger partial charge in [-0.2, -0.15) is 0 Å². The molecule has 1 aromatic rings. The van der Waals surface area contributed by atoms with Gasteiger partial charge in [-0.3, -0.25) is 0 Å². The lowest BCUT2D eigenvalue weighted by atomic mass is 9.70. The van der Waals surface area contributed by atoms with Crippen LogP contribution in [-0.4, -0.2) is 33.7 Å². The molecule has 0 saturated carbocycles. The predicted molar refractivity (Wildman–Crippen MR) is 109 cm³/mol. The standard InChI is InChI=1S/C20H35BO3Si/c1-16(21-23-19(2,3)20(4,5)24-21)18(25(7,8)22-6)15-14-17-12-10-9-11-13-17/h9-13,16,18H,14-15H2,1-8H3/t16-,18+/m0/s1. The summed E-state index contributed by atoms with van der Waals surface area (Å²) in [6, 6.07) is 10.7. The van der Waals surface area contributed by atoms with Gasteiger partial charge < -0.3 is 13.7 Å². The maximum Gasteiger partial charge on any atom is 0.460 e. The van der Waals surface area contributed by atoms with E-state index in [0.717, 1.165) is 12.8 Å². The molecule has 1 aliphatic rings. The zero-order valence-corrected chi connectivity index (χ0v) is 18.3. The van der Waals surface area contributed by atoms with Gasteiger partial charge in [0.2, 0.25) is 0 Å². The summed E-state index contributed by atoms with van der Waals surface area (Å²) in [5, 5.41) is 0. The van der Waals surface area contributed by atoms with Crippen LogP contribution in [0.2, 0.25) is 24.5 Å². The molecule has 0 aromatic heterocycles. The lowest BCUT2D eigenvalue weighted by Gasteiger charge is -2.36. The molecule has 1 fully saturated rings. The van der Waals surface area contributed by atoms with Crippen LogP contribution in [0.1, 0.15) is 46.6 Å². The van der Waals surface area contributed by atoms with Crippen molar-refractivity contribution >= 4 is 15.4 Å². The average molecular weight is 362 g/mol. The first kappa shape index (κ1) is 20.7. The fraction of sp³-hybridized carbons (Fsp3) is 0.700. The van der Waals surface area contributed by atoms with E-state index in [9.17, 15) is 0 Å². The van der Waals surface area contributed by atoms with Crippen molar-refractivity contribution in [3.05, 3.63) is 35.9 Å². The number of rotatable bonds is 7. The molecule has 25 heavy (non-hydrogen) atoms. The van der Waals surface area contributed by atoms with Gasteiger partial charge in [0.05, 0.1) is 11.2 Å². The number of benzene rings is 1. The van der Waals surface area contributed by atoms with Gasteiger partial charge >= 0.3 is 7.12 Å². The third-order valence-electron chi connectivity index (χ3n) is 6.34.